The van der Waals surface area contributed by atoms with Crippen molar-refractivity contribution in [2.45, 2.75) is 11.1 Å². The fourth-order valence-corrected chi connectivity index (χ4v) is 3.34. The van der Waals surface area contributed by atoms with E-state index in [1.54, 1.807) is 0 Å². The van der Waals surface area contributed by atoms with E-state index in [4.69, 9.17) is 4.74 Å². The van der Waals surface area contributed by atoms with Crippen LogP contribution in [-0.2, 0) is 16.0 Å². The molecule has 2 aromatic carbocycles. The average Bonchev–Trinajstić information content (AvgIpc) is 2.71. The lowest BCUT2D eigenvalue weighted by Crippen LogP contribution is -2.11. The third kappa shape index (κ3) is 5.61. The first-order valence-electron chi connectivity index (χ1n) is 8.79. The standard InChI is InChI=1S/C22H15F4NO3S/c1-31(28,29)18-10-4-15(5-11-18)3-2-14-30-19-12-13-27-21(22(24,25)26)20(19)16-6-8-17(23)9-7-16/h4-13H,14H2,1H3. The van der Waals surface area contributed by atoms with E-state index in [2.05, 4.69) is 16.8 Å². The number of alkyl halides is 3. The Hall–Kier alpha value is -3.38. The number of pyridine rings is 1. The van der Waals surface area contributed by atoms with Gasteiger partial charge < -0.3 is 4.74 Å². The highest BCUT2D eigenvalue weighted by Gasteiger charge is 2.37. The fourth-order valence-electron chi connectivity index (χ4n) is 2.71. The molecule has 0 aliphatic carbocycles. The SMILES string of the molecule is CS(=O)(=O)c1ccc(C#CCOc2ccnc(C(F)(F)F)c2-c2ccc(F)cc2)cc1. The first-order chi connectivity index (χ1) is 14.6. The zero-order valence-electron chi connectivity index (χ0n) is 16.1. The molecule has 0 radical (unpaired) electrons. The molecular formula is C22H15F4NO3S. The number of halogens is 4. The second kappa shape index (κ2) is 8.78. The summed E-state index contributed by atoms with van der Waals surface area (Å²) >= 11 is 0. The van der Waals surface area contributed by atoms with Crippen LogP contribution in [0.25, 0.3) is 11.1 Å². The molecule has 4 nitrogen and oxygen atoms in total. The molecule has 3 aromatic rings. The van der Waals surface area contributed by atoms with Gasteiger partial charge in [-0.1, -0.05) is 24.0 Å². The van der Waals surface area contributed by atoms with E-state index in [1.807, 2.05) is 0 Å². The van der Waals surface area contributed by atoms with Crippen LogP contribution in [0.2, 0.25) is 0 Å². The van der Waals surface area contributed by atoms with Crippen LogP contribution in [0.1, 0.15) is 11.3 Å². The molecule has 0 atom stereocenters. The Kier molecular flexibility index (Phi) is 6.32. The molecule has 0 bridgehead atoms. The molecule has 0 unspecified atom stereocenters. The van der Waals surface area contributed by atoms with Crippen molar-refractivity contribution in [3.63, 3.8) is 0 Å². The maximum Gasteiger partial charge on any atom is 0.434 e. The van der Waals surface area contributed by atoms with Gasteiger partial charge in [-0.3, -0.25) is 4.98 Å². The minimum atomic E-state index is -4.74. The molecule has 0 saturated heterocycles. The first kappa shape index (κ1) is 22.3. The van der Waals surface area contributed by atoms with Crippen LogP contribution < -0.4 is 4.74 Å². The zero-order chi connectivity index (χ0) is 22.6. The molecule has 0 spiro atoms. The van der Waals surface area contributed by atoms with Gasteiger partial charge in [0.1, 0.15) is 18.2 Å². The third-order valence-corrected chi connectivity index (χ3v) is 5.26. The molecule has 0 aliphatic heterocycles. The van der Waals surface area contributed by atoms with Gasteiger partial charge in [0.15, 0.2) is 15.5 Å². The summed E-state index contributed by atoms with van der Waals surface area (Å²) < 4.78 is 82.0. The molecule has 1 aromatic heterocycles. The minimum absolute atomic E-state index is 0.0983. The van der Waals surface area contributed by atoms with Gasteiger partial charge in [0.2, 0.25) is 0 Å². The highest BCUT2D eigenvalue weighted by atomic mass is 32.2. The van der Waals surface area contributed by atoms with Crippen LogP contribution in [0.3, 0.4) is 0 Å². The van der Waals surface area contributed by atoms with Crippen molar-refractivity contribution >= 4 is 9.84 Å². The van der Waals surface area contributed by atoms with Crippen molar-refractivity contribution in [1.82, 2.24) is 4.98 Å². The van der Waals surface area contributed by atoms with Crippen LogP contribution in [0.15, 0.2) is 65.7 Å². The van der Waals surface area contributed by atoms with E-state index < -0.39 is 27.5 Å². The smallest absolute Gasteiger partial charge is 0.434 e. The predicted octanol–water partition coefficient (Wildman–Crippen LogP) is 4.74. The summed E-state index contributed by atoms with van der Waals surface area (Å²) in [7, 11) is -3.32. The van der Waals surface area contributed by atoms with Crippen molar-refractivity contribution in [1.29, 1.82) is 0 Å². The summed E-state index contributed by atoms with van der Waals surface area (Å²) in [5, 5.41) is 0. The number of nitrogens with zero attached hydrogens (tertiary/aromatic N) is 1. The number of benzene rings is 2. The fraction of sp³-hybridized carbons (Fsp3) is 0.136. The van der Waals surface area contributed by atoms with Crippen molar-refractivity contribution in [3.8, 4) is 28.7 Å². The van der Waals surface area contributed by atoms with Gasteiger partial charge in [-0.15, -0.1) is 0 Å². The van der Waals surface area contributed by atoms with E-state index in [0.29, 0.717) is 5.56 Å². The van der Waals surface area contributed by atoms with Gasteiger partial charge in [-0.05, 0) is 48.0 Å². The number of hydrogen-bond acceptors (Lipinski definition) is 4. The Morgan fingerprint density at radius 3 is 2.23 bits per heavy atom. The van der Waals surface area contributed by atoms with Gasteiger partial charge in [-0.25, -0.2) is 12.8 Å². The molecule has 160 valence electrons. The highest BCUT2D eigenvalue weighted by Crippen LogP contribution is 2.40. The third-order valence-electron chi connectivity index (χ3n) is 4.13. The zero-order valence-corrected chi connectivity index (χ0v) is 16.9. The normalized spacial score (nSPS) is 11.5. The molecule has 0 aliphatic rings. The van der Waals surface area contributed by atoms with E-state index in [-0.39, 0.29) is 28.4 Å². The summed E-state index contributed by atoms with van der Waals surface area (Å²) in [4.78, 5) is 3.58. The predicted molar refractivity (Wildman–Crippen MR) is 107 cm³/mol. The maximum atomic E-state index is 13.5. The number of ether oxygens (including phenoxy) is 1. The van der Waals surface area contributed by atoms with Crippen LogP contribution in [0.5, 0.6) is 5.75 Å². The van der Waals surface area contributed by atoms with Crippen molar-refractivity contribution in [3.05, 3.63) is 77.9 Å². The lowest BCUT2D eigenvalue weighted by atomic mass is 10.0. The monoisotopic (exact) mass is 449 g/mol. The number of sulfone groups is 1. The Balaban J connectivity index is 1.86. The largest absolute Gasteiger partial charge is 0.480 e. The second-order valence-electron chi connectivity index (χ2n) is 6.42. The Morgan fingerprint density at radius 2 is 1.65 bits per heavy atom. The van der Waals surface area contributed by atoms with Gasteiger partial charge in [0.25, 0.3) is 0 Å². The molecular weight excluding hydrogens is 434 g/mol. The lowest BCUT2D eigenvalue weighted by molar-refractivity contribution is -0.140. The molecule has 0 N–H and O–H groups in total. The highest BCUT2D eigenvalue weighted by molar-refractivity contribution is 7.90. The van der Waals surface area contributed by atoms with Crippen molar-refractivity contribution < 1.29 is 30.7 Å². The van der Waals surface area contributed by atoms with E-state index >= 15 is 0 Å². The lowest BCUT2D eigenvalue weighted by Gasteiger charge is -2.16. The number of hydrogen-bond donors (Lipinski definition) is 0. The van der Waals surface area contributed by atoms with E-state index in [1.165, 1.54) is 42.5 Å². The van der Waals surface area contributed by atoms with Crippen LogP contribution >= 0.6 is 0 Å². The van der Waals surface area contributed by atoms with Crippen molar-refractivity contribution in [2.24, 2.45) is 0 Å². The molecule has 0 fully saturated rings. The van der Waals surface area contributed by atoms with Gasteiger partial charge in [-0.2, -0.15) is 13.2 Å². The van der Waals surface area contributed by atoms with Crippen LogP contribution in [-0.4, -0.2) is 26.3 Å². The summed E-state index contributed by atoms with van der Waals surface area (Å²) in [5.74, 6) is 4.73. The minimum Gasteiger partial charge on any atom is -0.480 e. The van der Waals surface area contributed by atoms with Crippen LogP contribution in [0.4, 0.5) is 17.6 Å². The average molecular weight is 449 g/mol. The van der Waals surface area contributed by atoms with E-state index in [0.717, 1.165) is 24.6 Å². The summed E-state index contributed by atoms with van der Waals surface area (Å²) in [6.07, 6.45) is -2.68. The van der Waals surface area contributed by atoms with E-state index in [9.17, 15) is 26.0 Å². The maximum absolute atomic E-state index is 13.5. The topological polar surface area (TPSA) is 56.3 Å². The summed E-state index contributed by atoms with van der Waals surface area (Å²) in [6, 6.07) is 11.6. The quantitative estimate of drug-likeness (QED) is 0.427. The summed E-state index contributed by atoms with van der Waals surface area (Å²) in [6.45, 7) is -0.233. The summed E-state index contributed by atoms with van der Waals surface area (Å²) in [5.41, 5.74) is -0.850. The number of aromatic nitrogens is 1. The molecule has 0 amide bonds. The molecule has 1 heterocycles. The Bertz CT molecular complexity index is 1240. The molecule has 9 heteroatoms. The van der Waals surface area contributed by atoms with Gasteiger partial charge in [0, 0.05) is 18.0 Å². The van der Waals surface area contributed by atoms with Crippen molar-refractivity contribution in [2.75, 3.05) is 12.9 Å². The molecule has 31 heavy (non-hydrogen) atoms. The Morgan fingerprint density at radius 1 is 1.00 bits per heavy atom. The molecule has 3 rings (SSSR count). The van der Waals surface area contributed by atoms with Crippen LogP contribution in [0, 0.1) is 17.7 Å². The molecule has 0 saturated carbocycles. The van der Waals surface area contributed by atoms with Gasteiger partial charge in [0.05, 0.1) is 10.5 Å². The second-order valence-corrected chi connectivity index (χ2v) is 8.44. The first-order valence-corrected chi connectivity index (χ1v) is 10.7. The van der Waals surface area contributed by atoms with Gasteiger partial charge >= 0.3 is 6.18 Å². The Labute approximate surface area is 176 Å². The number of rotatable bonds is 4.